The minimum absolute atomic E-state index is 0.171. The second kappa shape index (κ2) is 4.27. The van der Waals surface area contributed by atoms with E-state index in [0.29, 0.717) is 0 Å². The Morgan fingerprint density at radius 3 is 3.00 bits per heavy atom. The molecule has 3 heterocycles. The summed E-state index contributed by atoms with van der Waals surface area (Å²) in [6, 6.07) is 6.20. The Morgan fingerprint density at radius 2 is 2.24 bits per heavy atom. The van der Waals surface area contributed by atoms with Crippen LogP contribution in [0.25, 0.3) is 0 Å². The molecule has 17 heavy (non-hydrogen) atoms. The maximum Gasteiger partial charge on any atom is 0.264 e. The lowest BCUT2D eigenvalue weighted by Gasteiger charge is -2.33. The Hall–Kier alpha value is -1.13. The lowest BCUT2D eigenvalue weighted by Crippen LogP contribution is -2.37. The fourth-order valence-corrected chi connectivity index (χ4v) is 3.97. The van der Waals surface area contributed by atoms with Gasteiger partial charge in [-0.15, -0.1) is 22.7 Å². The predicted molar refractivity (Wildman–Crippen MR) is 71.8 cm³/mol. The van der Waals surface area contributed by atoms with Gasteiger partial charge in [0.1, 0.15) is 0 Å². The first-order chi connectivity index (χ1) is 8.27. The van der Waals surface area contributed by atoms with Crippen molar-refractivity contribution in [3.05, 3.63) is 44.3 Å². The third kappa shape index (κ3) is 1.81. The van der Waals surface area contributed by atoms with Gasteiger partial charge in [0.25, 0.3) is 5.91 Å². The third-order valence-corrected chi connectivity index (χ3v) is 5.12. The first-order valence-electron chi connectivity index (χ1n) is 5.68. The summed E-state index contributed by atoms with van der Waals surface area (Å²) in [5.74, 6) is 0.171. The minimum atomic E-state index is 0.171. The Morgan fingerprint density at radius 1 is 1.35 bits per heavy atom. The molecule has 3 rings (SSSR count). The van der Waals surface area contributed by atoms with E-state index < -0.39 is 0 Å². The van der Waals surface area contributed by atoms with E-state index in [4.69, 9.17) is 0 Å². The summed E-state index contributed by atoms with van der Waals surface area (Å²) in [4.78, 5) is 16.6. The van der Waals surface area contributed by atoms with Gasteiger partial charge in [0.15, 0.2) is 0 Å². The summed E-state index contributed by atoms with van der Waals surface area (Å²) in [7, 11) is 0. The van der Waals surface area contributed by atoms with Crippen LogP contribution in [0.3, 0.4) is 0 Å². The molecule has 2 nitrogen and oxygen atoms in total. The number of rotatable bonds is 1. The molecule has 1 aliphatic heterocycles. The number of amides is 1. The molecule has 0 saturated heterocycles. The number of fused-ring (bicyclic) bond motifs is 1. The Labute approximate surface area is 109 Å². The monoisotopic (exact) mass is 263 g/mol. The summed E-state index contributed by atoms with van der Waals surface area (Å²) in [6.45, 7) is 2.96. The van der Waals surface area contributed by atoms with Crippen LogP contribution in [0.5, 0.6) is 0 Å². The molecular formula is C13H13NOS2. The van der Waals surface area contributed by atoms with Crippen LogP contribution in [-0.2, 0) is 6.42 Å². The van der Waals surface area contributed by atoms with Gasteiger partial charge in [-0.1, -0.05) is 6.07 Å². The molecule has 0 aliphatic carbocycles. The predicted octanol–water partition coefficient (Wildman–Crippen LogP) is 3.57. The molecule has 0 spiro atoms. The van der Waals surface area contributed by atoms with Crippen LogP contribution in [0.1, 0.15) is 33.1 Å². The van der Waals surface area contributed by atoms with Gasteiger partial charge in [0.05, 0.1) is 10.9 Å². The molecule has 0 fully saturated rings. The van der Waals surface area contributed by atoms with Gasteiger partial charge < -0.3 is 4.90 Å². The van der Waals surface area contributed by atoms with Crippen molar-refractivity contribution in [3.8, 4) is 0 Å². The van der Waals surface area contributed by atoms with Gasteiger partial charge in [0, 0.05) is 11.4 Å². The fraction of sp³-hybridized carbons (Fsp3) is 0.308. The van der Waals surface area contributed by atoms with Crippen LogP contribution in [0.2, 0.25) is 0 Å². The van der Waals surface area contributed by atoms with Crippen LogP contribution in [0.15, 0.2) is 29.0 Å². The highest BCUT2D eigenvalue weighted by molar-refractivity contribution is 7.12. The van der Waals surface area contributed by atoms with Gasteiger partial charge in [-0.25, -0.2) is 0 Å². The minimum Gasteiger partial charge on any atom is -0.331 e. The zero-order chi connectivity index (χ0) is 11.8. The summed E-state index contributed by atoms with van der Waals surface area (Å²) in [6.07, 6.45) is 0.994. The number of carbonyl (C=O) groups excluding carboxylic acids is 1. The zero-order valence-corrected chi connectivity index (χ0v) is 11.2. The topological polar surface area (TPSA) is 20.3 Å². The Balaban J connectivity index is 1.89. The van der Waals surface area contributed by atoms with Crippen LogP contribution in [0.4, 0.5) is 0 Å². The molecule has 2 aromatic heterocycles. The number of hydrogen-bond acceptors (Lipinski definition) is 3. The highest BCUT2D eigenvalue weighted by atomic mass is 32.1. The average Bonchev–Trinajstić information content (AvgIpc) is 3.00. The average molecular weight is 263 g/mol. The van der Waals surface area contributed by atoms with E-state index in [-0.39, 0.29) is 11.9 Å². The Kier molecular flexibility index (Phi) is 2.76. The van der Waals surface area contributed by atoms with E-state index in [9.17, 15) is 4.79 Å². The number of carbonyl (C=O) groups is 1. The van der Waals surface area contributed by atoms with Crippen molar-refractivity contribution in [2.45, 2.75) is 19.4 Å². The van der Waals surface area contributed by atoms with E-state index in [2.05, 4.69) is 18.4 Å². The quantitative estimate of drug-likeness (QED) is 0.770. The van der Waals surface area contributed by atoms with Crippen LogP contribution in [0, 0.1) is 0 Å². The smallest absolute Gasteiger partial charge is 0.264 e. The van der Waals surface area contributed by atoms with Gasteiger partial charge in [-0.05, 0) is 41.8 Å². The van der Waals surface area contributed by atoms with Gasteiger partial charge in [-0.2, -0.15) is 0 Å². The summed E-state index contributed by atoms with van der Waals surface area (Å²) in [5.41, 5.74) is 1.33. The molecule has 0 N–H and O–H groups in total. The van der Waals surface area contributed by atoms with Crippen molar-refractivity contribution in [1.82, 2.24) is 4.90 Å². The van der Waals surface area contributed by atoms with Crippen molar-refractivity contribution >= 4 is 28.6 Å². The summed E-state index contributed by atoms with van der Waals surface area (Å²) < 4.78 is 0. The lowest BCUT2D eigenvalue weighted by molar-refractivity contribution is 0.0684. The number of thiophene rings is 2. The van der Waals surface area contributed by atoms with Gasteiger partial charge >= 0.3 is 0 Å². The van der Waals surface area contributed by atoms with Crippen LogP contribution in [-0.4, -0.2) is 17.4 Å². The fourth-order valence-electron chi connectivity index (χ4n) is 2.33. The van der Waals surface area contributed by atoms with E-state index in [1.165, 1.54) is 21.8 Å². The molecule has 0 bridgehead atoms. The first kappa shape index (κ1) is 11.0. The molecular weight excluding hydrogens is 250 g/mol. The van der Waals surface area contributed by atoms with E-state index in [0.717, 1.165) is 17.8 Å². The maximum atomic E-state index is 12.3. The molecule has 0 saturated carbocycles. The van der Waals surface area contributed by atoms with Crippen molar-refractivity contribution in [1.29, 1.82) is 0 Å². The molecule has 0 aromatic carbocycles. The normalized spacial score (nSPS) is 19.1. The molecule has 0 radical (unpaired) electrons. The highest BCUT2D eigenvalue weighted by Crippen LogP contribution is 2.33. The van der Waals surface area contributed by atoms with E-state index in [1.54, 1.807) is 11.3 Å². The lowest BCUT2D eigenvalue weighted by atomic mass is 10.0. The Bertz CT molecular complexity index is 529. The van der Waals surface area contributed by atoms with Crippen LogP contribution < -0.4 is 0 Å². The van der Waals surface area contributed by atoms with Gasteiger partial charge in [0.2, 0.25) is 0 Å². The first-order valence-corrected chi connectivity index (χ1v) is 7.44. The molecule has 4 heteroatoms. The van der Waals surface area contributed by atoms with Crippen LogP contribution >= 0.6 is 22.7 Å². The third-order valence-electron chi connectivity index (χ3n) is 3.27. The molecule has 88 valence electrons. The van der Waals surface area contributed by atoms with Crippen molar-refractivity contribution < 1.29 is 4.79 Å². The summed E-state index contributed by atoms with van der Waals surface area (Å²) in [5, 5.41) is 4.08. The zero-order valence-electron chi connectivity index (χ0n) is 9.55. The number of hydrogen-bond donors (Lipinski definition) is 0. The molecule has 1 amide bonds. The van der Waals surface area contributed by atoms with Crippen molar-refractivity contribution in [2.24, 2.45) is 0 Å². The van der Waals surface area contributed by atoms with Crippen molar-refractivity contribution in [2.75, 3.05) is 6.54 Å². The molecule has 1 atom stereocenters. The van der Waals surface area contributed by atoms with E-state index in [1.807, 2.05) is 22.4 Å². The maximum absolute atomic E-state index is 12.3. The number of nitrogens with zero attached hydrogens (tertiary/aromatic N) is 1. The molecule has 2 aromatic rings. The second-order valence-corrected chi connectivity index (χ2v) is 6.15. The largest absolute Gasteiger partial charge is 0.331 e. The highest BCUT2D eigenvalue weighted by Gasteiger charge is 2.29. The summed E-state index contributed by atoms with van der Waals surface area (Å²) >= 11 is 3.33. The van der Waals surface area contributed by atoms with E-state index >= 15 is 0 Å². The van der Waals surface area contributed by atoms with Crippen molar-refractivity contribution in [3.63, 3.8) is 0 Å². The van der Waals surface area contributed by atoms with Gasteiger partial charge in [-0.3, -0.25) is 4.79 Å². The standard InChI is InChI=1S/C13H13NOS2/c1-9-10-5-8-17-11(10)4-6-14(9)13(15)12-3-2-7-16-12/h2-3,5,7-9H,4,6H2,1H3/t9-/m1/s1. The SMILES string of the molecule is C[C@@H]1c2ccsc2CCN1C(=O)c1cccs1. The molecule has 1 aliphatic rings. The second-order valence-electron chi connectivity index (χ2n) is 4.20. The molecule has 0 unspecified atom stereocenters.